The van der Waals surface area contributed by atoms with Gasteiger partial charge in [0.05, 0.1) is 12.2 Å². The van der Waals surface area contributed by atoms with Gasteiger partial charge in [-0.25, -0.2) is 4.79 Å². The largest absolute Gasteiger partial charge is 0.478 e. The van der Waals surface area contributed by atoms with Gasteiger partial charge in [0, 0.05) is 23.7 Å². The summed E-state index contributed by atoms with van der Waals surface area (Å²) in [5.74, 6) is -0.399. The normalized spacial score (nSPS) is 23.3. The Morgan fingerprint density at radius 3 is 3.00 bits per heavy atom. The molecule has 1 saturated heterocycles. The van der Waals surface area contributed by atoms with Gasteiger partial charge in [-0.05, 0) is 30.0 Å². The van der Waals surface area contributed by atoms with Crippen LogP contribution in [0.4, 0.5) is 0 Å². The second-order valence-electron chi connectivity index (χ2n) is 4.94. The Bertz CT molecular complexity index is 464. The number of halogens is 1. The minimum atomic E-state index is -0.904. The van der Waals surface area contributed by atoms with Gasteiger partial charge >= 0.3 is 5.97 Å². The highest BCUT2D eigenvalue weighted by Gasteiger charge is 2.21. The van der Waals surface area contributed by atoms with E-state index < -0.39 is 5.97 Å². The van der Waals surface area contributed by atoms with E-state index in [1.54, 1.807) is 12.1 Å². The molecule has 1 aromatic carbocycles. The zero-order valence-electron chi connectivity index (χ0n) is 10.9. The van der Waals surface area contributed by atoms with Crippen molar-refractivity contribution >= 4 is 21.9 Å². The monoisotopic (exact) mass is 327 g/mol. The molecule has 0 saturated carbocycles. The molecule has 2 rings (SSSR count). The Kier molecular flexibility index (Phi) is 4.96. The summed E-state index contributed by atoms with van der Waals surface area (Å²) in [6.45, 7) is 4.52. The zero-order valence-corrected chi connectivity index (χ0v) is 12.4. The van der Waals surface area contributed by atoms with E-state index in [1.807, 2.05) is 6.07 Å². The Balaban J connectivity index is 1.97. The summed E-state index contributed by atoms with van der Waals surface area (Å²) in [5, 5.41) is 12.4. The second kappa shape index (κ2) is 6.50. The molecule has 0 spiro atoms. The van der Waals surface area contributed by atoms with Gasteiger partial charge in [-0.2, -0.15) is 0 Å². The Hall–Kier alpha value is -0.910. The number of aromatic carboxylic acids is 1. The lowest BCUT2D eigenvalue weighted by molar-refractivity contribution is 0.0386. The van der Waals surface area contributed by atoms with E-state index in [2.05, 4.69) is 28.2 Å². The van der Waals surface area contributed by atoms with Crippen LogP contribution >= 0.6 is 15.9 Å². The minimum Gasteiger partial charge on any atom is -0.478 e. The molecule has 1 aliphatic rings. The summed E-state index contributed by atoms with van der Waals surface area (Å²) in [5.41, 5.74) is 1.37. The van der Waals surface area contributed by atoms with Crippen LogP contribution in [0.1, 0.15) is 29.3 Å². The fraction of sp³-hybridized carbons (Fsp3) is 0.500. The summed E-state index contributed by atoms with van der Waals surface area (Å²) in [7, 11) is 0. The zero-order chi connectivity index (χ0) is 13.8. The first-order valence-corrected chi connectivity index (χ1v) is 7.20. The number of carbonyl (C=O) groups is 1. The van der Waals surface area contributed by atoms with E-state index in [0.29, 0.717) is 17.5 Å². The molecule has 19 heavy (non-hydrogen) atoms. The SMILES string of the molecule is CC1COCCC1NCc1ccc(C(=O)O)cc1Br. The molecule has 1 aliphatic heterocycles. The maximum absolute atomic E-state index is 10.9. The van der Waals surface area contributed by atoms with Crippen molar-refractivity contribution in [3.05, 3.63) is 33.8 Å². The van der Waals surface area contributed by atoms with Gasteiger partial charge in [-0.1, -0.05) is 28.9 Å². The predicted octanol–water partition coefficient (Wildman–Crippen LogP) is 2.66. The highest BCUT2D eigenvalue weighted by atomic mass is 79.9. The summed E-state index contributed by atoms with van der Waals surface area (Å²) in [6, 6.07) is 5.59. The number of ether oxygens (including phenoxy) is 1. The summed E-state index contributed by atoms with van der Waals surface area (Å²) >= 11 is 3.43. The van der Waals surface area contributed by atoms with Crippen LogP contribution in [0.5, 0.6) is 0 Å². The molecular formula is C14H18BrNO3. The van der Waals surface area contributed by atoms with E-state index in [1.165, 1.54) is 0 Å². The Labute approximate surface area is 121 Å². The van der Waals surface area contributed by atoms with Crippen LogP contribution in [0.25, 0.3) is 0 Å². The minimum absolute atomic E-state index is 0.301. The average molecular weight is 328 g/mol. The van der Waals surface area contributed by atoms with Crippen molar-refractivity contribution in [2.24, 2.45) is 5.92 Å². The maximum atomic E-state index is 10.9. The molecule has 0 aromatic heterocycles. The molecule has 2 unspecified atom stereocenters. The molecule has 1 aromatic rings. The molecule has 0 amide bonds. The lowest BCUT2D eigenvalue weighted by Crippen LogP contribution is -2.41. The van der Waals surface area contributed by atoms with Crippen LogP contribution in [-0.4, -0.2) is 30.3 Å². The quantitative estimate of drug-likeness (QED) is 0.892. The fourth-order valence-corrected chi connectivity index (χ4v) is 2.77. The molecule has 4 nitrogen and oxygen atoms in total. The van der Waals surface area contributed by atoms with Crippen LogP contribution in [0, 0.1) is 5.92 Å². The number of hydrogen-bond donors (Lipinski definition) is 2. The lowest BCUT2D eigenvalue weighted by Gasteiger charge is -2.29. The van der Waals surface area contributed by atoms with Crippen molar-refractivity contribution < 1.29 is 14.6 Å². The Morgan fingerprint density at radius 1 is 1.58 bits per heavy atom. The van der Waals surface area contributed by atoms with Crippen LogP contribution in [0.15, 0.2) is 22.7 Å². The maximum Gasteiger partial charge on any atom is 0.335 e. The van der Waals surface area contributed by atoms with Crippen molar-refractivity contribution in [1.82, 2.24) is 5.32 Å². The molecule has 2 atom stereocenters. The third-order valence-corrected chi connectivity index (χ3v) is 4.23. The molecule has 5 heteroatoms. The summed E-state index contributed by atoms with van der Waals surface area (Å²) in [6.07, 6.45) is 1.02. The van der Waals surface area contributed by atoms with Gasteiger partial charge in [0.1, 0.15) is 0 Å². The third kappa shape index (κ3) is 3.78. The van der Waals surface area contributed by atoms with Crippen LogP contribution < -0.4 is 5.32 Å². The first kappa shape index (κ1) is 14.5. The number of carboxylic acid groups (broad SMARTS) is 1. The third-order valence-electron chi connectivity index (χ3n) is 3.50. The van der Waals surface area contributed by atoms with E-state index in [0.717, 1.165) is 36.2 Å². The van der Waals surface area contributed by atoms with E-state index in [9.17, 15) is 4.79 Å². The van der Waals surface area contributed by atoms with Crippen molar-refractivity contribution in [1.29, 1.82) is 0 Å². The van der Waals surface area contributed by atoms with Crippen molar-refractivity contribution in [3.8, 4) is 0 Å². The van der Waals surface area contributed by atoms with E-state index in [4.69, 9.17) is 9.84 Å². The molecule has 0 aliphatic carbocycles. The molecule has 1 fully saturated rings. The predicted molar refractivity (Wildman–Crippen MR) is 76.3 cm³/mol. The molecule has 2 N–H and O–H groups in total. The summed E-state index contributed by atoms with van der Waals surface area (Å²) < 4.78 is 6.25. The van der Waals surface area contributed by atoms with Gasteiger partial charge in [0.25, 0.3) is 0 Å². The van der Waals surface area contributed by atoms with Crippen molar-refractivity contribution in [3.63, 3.8) is 0 Å². The molecule has 0 radical (unpaired) electrons. The number of carboxylic acids is 1. The molecule has 104 valence electrons. The average Bonchev–Trinajstić information content (AvgIpc) is 2.39. The van der Waals surface area contributed by atoms with Crippen LogP contribution in [-0.2, 0) is 11.3 Å². The molecular weight excluding hydrogens is 310 g/mol. The van der Waals surface area contributed by atoms with Crippen molar-refractivity contribution in [2.45, 2.75) is 25.9 Å². The summed E-state index contributed by atoms with van der Waals surface area (Å²) in [4.78, 5) is 10.9. The van der Waals surface area contributed by atoms with E-state index >= 15 is 0 Å². The van der Waals surface area contributed by atoms with Crippen LogP contribution in [0.3, 0.4) is 0 Å². The van der Waals surface area contributed by atoms with Gasteiger partial charge in [0.15, 0.2) is 0 Å². The first-order chi connectivity index (χ1) is 9.08. The number of rotatable bonds is 4. The number of hydrogen-bond acceptors (Lipinski definition) is 3. The van der Waals surface area contributed by atoms with Crippen molar-refractivity contribution in [2.75, 3.05) is 13.2 Å². The highest BCUT2D eigenvalue weighted by molar-refractivity contribution is 9.10. The van der Waals surface area contributed by atoms with Gasteiger partial charge in [-0.3, -0.25) is 0 Å². The second-order valence-corrected chi connectivity index (χ2v) is 5.79. The van der Waals surface area contributed by atoms with Gasteiger partial charge in [0.2, 0.25) is 0 Å². The first-order valence-electron chi connectivity index (χ1n) is 6.41. The number of benzene rings is 1. The molecule has 0 bridgehead atoms. The highest BCUT2D eigenvalue weighted by Crippen LogP contribution is 2.20. The van der Waals surface area contributed by atoms with E-state index in [-0.39, 0.29) is 0 Å². The smallest absolute Gasteiger partial charge is 0.335 e. The van der Waals surface area contributed by atoms with Gasteiger partial charge < -0.3 is 15.2 Å². The van der Waals surface area contributed by atoms with Crippen LogP contribution in [0.2, 0.25) is 0 Å². The standard InChI is InChI=1S/C14H18BrNO3/c1-9-8-19-5-4-13(9)16-7-11-3-2-10(14(17)18)6-12(11)15/h2-3,6,9,13,16H,4-5,7-8H2,1H3,(H,17,18). The fourth-order valence-electron chi connectivity index (χ4n) is 2.25. The number of nitrogens with one attached hydrogen (secondary N) is 1. The van der Waals surface area contributed by atoms with Gasteiger partial charge in [-0.15, -0.1) is 0 Å². The lowest BCUT2D eigenvalue weighted by atomic mass is 9.97. The molecule has 1 heterocycles. The Morgan fingerprint density at radius 2 is 2.37 bits per heavy atom. The topological polar surface area (TPSA) is 58.6 Å².